The van der Waals surface area contributed by atoms with Crippen molar-refractivity contribution < 1.29 is 9.47 Å². The molecule has 1 unspecified atom stereocenters. The van der Waals surface area contributed by atoms with Crippen LogP contribution in [0.1, 0.15) is 29.2 Å². The Labute approximate surface area is 106 Å². The molecule has 1 aliphatic carbocycles. The van der Waals surface area contributed by atoms with Gasteiger partial charge in [0.25, 0.3) is 0 Å². The quantitative estimate of drug-likeness (QED) is 0.795. The second kappa shape index (κ2) is 3.77. The van der Waals surface area contributed by atoms with Crippen molar-refractivity contribution in [3.63, 3.8) is 0 Å². The molecule has 0 amide bonds. The summed E-state index contributed by atoms with van der Waals surface area (Å²) < 4.78 is 11.6. The van der Waals surface area contributed by atoms with Crippen LogP contribution in [0, 0.1) is 0 Å². The summed E-state index contributed by atoms with van der Waals surface area (Å²) in [5, 5.41) is 0. The van der Waals surface area contributed by atoms with Crippen LogP contribution in [-0.2, 0) is 13.0 Å². The van der Waals surface area contributed by atoms with Crippen LogP contribution in [0.2, 0.25) is 0 Å². The third kappa shape index (κ3) is 1.42. The third-order valence-electron chi connectivity index (χ3n) is 3.81. The van der Waals surface area contributed by atoms with Crippen molar-refractivity contribution >= 4 is 0 Å². The van der Waals surface area contributed by atoms with Crippen molar-refractivity contribution in [2.75, 3.05) is 0 Å². The molecule has 1 heterocycles. The molecule has 0 spiro atoms. The highest BCUT2D eigenvalue weighted by Crippen LogP contribution is 2.41. The van der Waals surface area contributed by atoms with E-state index in [4.69, 9.17) is 9.47 Å². The molecule has 0 fully saturated rings. The summed E-state index contributed by atoms with van der Waals surface area (Å²) in [6.07, 6.45) is 2.39. The largest absolute Gasteiger partial charge is 0.488 e. The van der Waals surface area contributed by atoms with Crippen molar-refractivity contribution in [3.8, 4) is 11.5 Å². The second-order valence-corrected chi connectivity index (χ2v) is 4.87. The van der Waals surface area contributed by atoms with E-state index in [0.29, 0.717) is 6.61 Å². The molecule has 0 saturated carbocycles. The van der Waals surface area contributed by atoms with Crippen LogP contribution in [0.4, 0.5) is 0 Å². The van der Waals surface area contributed by atoms with Crippen molar-refractivity contribution in [2.24, 2.45) is 0 Å². The smallest absolute Gasteiger partial charge is 0.130 e. The molecule has 2 aromatic rings. The summed E-state index contributed by atoms with van der Waals surface area (Å²) in [5.41, 5.74) is 3.98. The van der Waals surface area contributed by atoms with Gasteiger partial charge in [-0.3, -0.25) is 0 Å². The van der Waals surface area contributed by atoms with E-state index in [-0.39, 0.29) is 6.10 Å². The lowest BCUT2D eigenvalue weighted by Gasteiger charge is -2.25. The van der Waals surface area contributed by atoms with Crippen LogP contribution in [0.25, 0.3) is 0 Å². The van der Waals surface area contributed by atoms with Crippen LogP contribution in [0.15, 0.2) is 42.5 Å². The van der Waals surface area contributed by atoms with Crippen molar-refractivity contribution in [2.45, 2.75) is 25.6 Å². The highest BCUT2D eigenvalue weighted by atomic mass is 16.5. The molecule has 1 atom stereocenters. The highest BCUT2D eigenvalue weighted by Gasteiger charge is 2.26. The Hall–Kier alpha value is -1.96. The minimum Gasteiger partial charge on any atom is -0.488 e. The summed E-state index contributed by atoms with van der Waals surface area (Å²) in [5.74, 6) is 1.96. The number of ether oxygens (including phenoxy) is 2. The van der Waals surface area contributed by atoms with E-state index < -0.39 is 0 Å². The third-order valence-corrected chi connectivity index (χ3v) is 3.81. The van der Waals surface area contributed by atoms with E-state index in [9.17, 15) is 0 Å². The van der Waals surface area contributed by atoms with Gasteiger partial charge in [-0.15, -0.1) is 0 Å². The van der Waals surface area contributed by atoms with Crippen LogP contribution >= 0.6 is 0 Å². The van der Waals surface area contributed by atoms with Gasteiger partial charge in [-0.25, -0.2) is 0 Å². The minimum atomic E-state index is 0.202. The lowest BCUT2D eigenvalue weighted by molar-refractivity contribution is 0.181. The summed E-state index contributed by atoms with van der Waals surface area (Å²) >= 11 is 0. The fraction of sp³-hybridized carbons (Fsp3) is 0.250. The summed E-state index contributed by atoms with van der Waals surface area (Å²) in [6.45, 7) is 0.680. The van der Waals surface area contributed by atoms with Crippen molar-refractivity contribution in [1.29, 1.82) is 0 Å². The minimum absolute atomic E-state index is 0.202. The Morgan fingerprint density at radius 3 is 2.89 bits per heavy atom. The summed E-state index contributed by atoms with van der Waals surface area (Å²) in [4.78, 5) is 0. The Kier molecular flexibility index (Phi) is 2.10. The van der Waals surface area contributed by atoms with Gasteiger partial charge < -0.3 is 9.47 Å². The molecule has 2 aromatic carbocycles. The number of aryl methyl sites for hydroxylation is 1. The van der Waals surface area contributed by atoms with Gasteiger partial charge in [0.15, 0.2) is 0 Å². The molecule has 4 rings (SSSR count). The lowest BCUT2D eigenvalue weighted by atomic mass is 10.1. The first-order valence-corrected chi connectivity index (χ1v) is 6.41. The molecule has 0 radical (unpaired) electrons. The molecule has 0 aromatic heterocycles. The summed E-state index contributed by atoms with van der Waals surface area (Å²) in [7, 11) is 0. The van der Waals surface area contributed by atoms with E-state index in [1.807, 2.05) is 18.2 Å². The lowest BCUT2D eigenvalue weighted by Crippen LogP contribution is -2.13. The predicted octanol–water partition coefficient (Wildman–Crippen LogP) is 3.65. The monoisotopic (exact) mass is 238 g/mol. The van der Waals surface area contributed by atoms with Crippen LogP contribution < -0.4 is 9.47 Å². The van der Waals surface area contributed by atoms with Gasteiger partial charge in [-0.2, -0.15) is 0 Å². The molecular weight excluding hydrogens is 224 g/mol. The molecule has 0 saturated heterocycles. The summed E-state index contributed by atoms with van der Waals surface area (Å²) in [6, 6.07) is 14.6. The van der Waals surface area contributed by atoms with Gasteiger partial charge in [0.1, 0.15) is 24.2 Å². The van der Waals surface area contributed by atoms with Gasteiger partial charge in [0.2, 0.25) is 0 Å². The van der Waals surface area contributed by atoms with E-state index in [0.717, 1.165) is 24.3 Å². The average molecular weight is 238 g/mol. The van der Waals surface area contributed by atoms with Crippen LogP contribution in [0.3, 0.4) is 0 Å². The Bertz CT molecular complexity index is 604. The van der Waals surface area contributed by atoms with Crippen LogP contribution in [-0.4, -0.2) is 0 Å². The van der Waals surface area contributed by atoms with E-state index in [2.05, 4.69) is 24.3 Å². The molecule has 0 N–H and O–H groups in total. The molecule has 1 aliphatic heterocycles. The van der Waals surface area contributed by atoms with E-state index in [1.54, 1.807) is 0 Å². The number of rotatable bonds is 2. The molecule has 90 valence electrons. The van der Waals surface area contributed by atoms with Crippen molar-refractivity contribution in [1.82, 2.24) is 0 Å². The first kappa shape index (κ1) is 10.0. The predicted molar refractivity (Wildman–Crippen MR) is 68.9 cm³/mol. The SMILES string of the molecule is c1ccc2c(c1)CCC2Oc1cccc2c1CO2. The van der Waals surface area contributed by atoms with Gasteiger partial charge in [0, 0.05) is 0 Å². The molecule has 2 nitrogen and oxygen atoms in total. The fourth-order valence-electron chi connectivity index (χ4n) is 2.80. The maximum absolute atomic E-state index is 6.18. The number of benzene rings is 2. The molecule has 0 bridgehead atoms. The zero-order valence-electron chi connectivity index (χ0n) is 10.1. The Morgan fingerprint density at radius 1 is 1.06 bits per heavy atom. The average Bonchev–Trinajstić information content (AvgIpc) is 2.75. The molecule has 2 heteroatoms. The standard InChI is InChI=1S/C16H14O2/c1-2-5-12-11(4-1)8-9-16(12)18-15-7-3-6-14-13(15)10-17-14/h1-7,16H,8-10H2. The highest BCUT2D eigenvalue weighted by molar-refractivity contribution is 5.49. The second-order valence-electron chi connectivity index (χ2n) is 4.87. The maximum Gasteiger partial charge on any atom is 0.130 e. The zero-order chi connectivity index (χ0) is 11.9. The Balaban J connectivity index is 1.65. The van der Waals surface area contributed by atoms with E-state index >= 15 is 0 Å². The maximum atomic E-state index is 6.18. The topological polar surface area (TPSA) is 18.5 Å². The number of hydrogen-bond donors (Lipinski definition) is 0. The van der Waals surface area contributed by atoms with Crippen molar-refractivity contribution in [3.05, 3.63) is 59.2 Å². The van der Waals surface area contributed by atoms with Gasteiger partial charge >= 0.3 is 0 Å². The fourth-order valence-corrected chi connectivity index (χ4v) is 2.80. The zero-order valence-corrected chi connectivity index (χ0v) is 10.1. The molecule has 18 heavy (non-hydrogen) atoms. The first-order valence-electron chi connectivity index (χ1n) is 6.41. The number of fused-ring (bicyclic) bond motifs is 2. The molecular formula is C16H14O2. The van der Waals surface area contributed by atoms with Gasteiger partial charge in [-0.05, 0) is 36.1 Å². The normalized spacial score (nSPS) is 19.4. The first-order chi connectivity index (χ1) is 8.92. The Morgan fingerprint density at radius 2 is 2.00 bits per heavy atom. The van der Waals surface area contributed by atoms with E-state index in [1.165, 1.54) is 16.7 Å². The molecule has 2 aliphatic rings. The van der Waals surface area contributed by atoms with Gasteiger partial charge in [-0.1, -0.05) is 30.3 Å². The van der Waals surface area contributed by atoms with Crippen LogP contribution in [0.5, 0.6) is 11.5 Å². The number of hydrogen-bond acceptors (Lipinski definition) is 2. The van der Waals surface area contributed by atoms with Gasteiger partial charge in [0.05, 0.1) is 5.56 Å².